The Bertz CT molecular complexity index is 2770. The average Bonchev–Trinajstić information content (AvgIpc) is 0.892. The van der Waals surface area contributed by atoms with Gasteiger partial charge in [0.25, 0.3) is 8.32 Å². The van der Waals surface area contributed by atoms with Gasteiger partial charge in [0, 0.05) is 49.9 Å². The van der Waals surface area contributed by atoms with Gasteiger partial charge in [0.1, 0.15) is 30.5 Å². The van der Waals surface area contributed by atoms with Crippen LogP contribution in [0.15, 0.2) is 151 Å². The Kier molecular flexibility index (Phi) is 23.8. The van der Waals surface area contributed by atoms with Crippen molar-refractivity contribution in [3.8, 4) is 5.75 Å². The molecule has 3 aliphatic heterocycles. The third-order valence-electron chi connectivity index (χ3n) is 16.9. The molecule has 0 N–H and O–H groups in total. The molecule has 7 rings (SSSR count). The van der Waals surface area contributed by atoms with Gasteiger partial charge in [-0.25, -0.2) is 0 Å². The molecule has 85 heavy (non-hydrogen) atoms. The van der Waals surface area contributed by atoms with E-state index in [0.717, 1.165) is 51.4 Å². The number of esters is 1. The predicted octanol–water partition coefficient (Wildman–Crippen LogP) is 14.6. The third-order valence-corrected chi connectivity index (χ3v) is 23.0. The lowest BCUT2D eigenvalue weighted by atomic mass is 9.70. The van der Waals surface area contributed by atoms with E-state index in [1.807, 2.05) is 87.5 Å². The van der Waals surface area contributed by atoms with E-state index in [0.29, 0.717) is 51.7 Å². The van der Waals surface area contributed by atoms with Gasteiger partial charge < -0.3 is 47.1 Å². The highest BCUT2D eigenvalue weighted by Crippen LogP contribution is 2.52. The SMILES string of the molecule is C=C1C[C@@H](C[C@]2(OC)O[C@H](C[C@H](CC(=O)SC(C)(C)C)O[Si](c3ccccc3)(c3ccccc3)C(C)(C)C)C[C@H](OC(C)=O)C2(C)C)O[C@@H](C=CC(C)(C)C2=CCC[C@@H](C[C@@H](OCc3ccc(OC)cc3)[C@@H](C)OCOCc3ccccc3)O2)C1. The summed E-state index contributed by atoms with van der Waals surface area (Å²) in [5.74, 6) is 0.0128. The van der Waals surface area contributed by atoms with Gasteiger partial charge in [-0.2, -0.15) is 0 Å². The number of carbonyl (C=O) groups excluding carboxylic acids is 2. The highest BCUT2D eigenvalue weighted by molar-refractivity contribution is 8.14. The fourth-order valence-electron chi connectivity index (χ4n) is 12.3. The zero-order chi connectivity index (χ0) is 61.6. The molecular weight excluding hydrogens is 1100 g/mol. The summed E-state index contributed by atoms with van der Waals surface area (Å²) in [5, 5.41) is 1.93. The van der Waals surface area contributed by atoms with Crippen molar-refractivity contribution >= 4 is 41.5 Å². The predicted molar refractivity (Wildman–Crippen MR) is 342 cm³/mol. The zero-order valence-corrected chi connectivity index (χ0v) is 55.1. The highest BCUT2D eigenvalue weighted by atomic mass is 32.2. The van der Waals surface area contributed by atoms with E-state index in [-0.39, 0.29) is 64.6 Å². The van der Waals surface area contributed by atoms with Crippen LogP contribution in [0.25, 0.3) is 0 Å². The van der Waals surface area contributed by atoms with Crippen molar-refractivity contribution in [2.75, 3.05) is 21.0 Å². The molecule has 14 heteroatoms. The number of allylic oxidation sites excluding steroid dienone is 2. The average molecular weight is 1200 g/mol. The number of thioether (sulfide) groups is 1. The summed E-state index contributed by atoms with van der Waals surface area (Å²) in [6.07, 6.45) is 8.34. The Morgan fingerprint density at radius 3 is 2.00 bits per heavy atom. The molecule has 0 aromatic heterocycles. The molecule has 0 bridgehead atoms. The van der Waals surface area contributed by atoms with E-state index >= 15 is 0 Å². The lowest BCUT2D eigenvalue weighted by molar-refractivity contribution is -0.358. The van der Waals surface area contributed by atoms with Gasteiger partial charge >= 0.3 is 5.97 Å². The number of rotatable bonds is 27. The van der Waals surface area contributed by atoms with Gasteiger partial charge in [-0.05, 0) is 97.6 Å². The standard InChI is InChI=1S/C71H98O12SSi/c1-50-40-57(38-39-69(10,11)64-33-25-28-56(81-64)43-63(77-48-54-34-36-55(74-14)37-35-54)51(2)78-49-76-47-53-26-19-16-20-27-53)80-60(41-50)46-71(75-15)70(12,13)65(79-52(3)72)44-58(82-71)42-59(45-66(73)84-67(4,5)6)83-85(68(7,8)9,61-29-21-17-22-30-61)62-31-23-18-24-32-62/h16-24,26-27,29-39,51,56-60,63,65H,1,25,28,40-49H2,2-15H3/t51-,56+,57+,58-,59-,60+,63-,65+,71+/m1/s1. The van der Waals surface area contributed by atoms with E-state index < -0.39 is 43.2 Å². The van der Waals surface area contributed by atoms with Crippen LogP contribution in [0.5, 0.6) is 5.75 Å². The number of benzene rings is 4. The van der Waals surface area contributed by atoms with E-state index in [4.69, 9.17) is 47.1 Å². The molecule has 464 valence electrons. The van der Waals surface area contributed by atoms with Crippen molar-refractivity contribution in [2.24, 2.45) is 10.8 Å². The summed E-state index contributed by atoms with van der Waals surface area (Å²) in [5.41, 5.74) is 1.86. The summed E-state index contributed by atoms with van der Waals surface area (Å²) < 4.78 is 66.1. The highest BCUT2D eigenvalue weighted by Gasteiger charge is 2.60. The first-order valence-corrected chi connectivity index (χ1v) is 33.2. The maximum atomic E-state index is 14.3. The Balaban J connectivity index is 1.08. The van der Waals surface area contributed by atoms with Crippen LogP contribution in [0, 0.1) is 10.8 Å². The topological polar surface area (TPSA) is 126 Å². The first kappa shape index (κ1) is 67.6. The second-order valence-corrected chi connectivity index (χ2v) is 32.7. The molecule has 9 atom stereocenters. The van der Waals surface area contributed by atoms with Gasteiger partial charge in [0.2, 0.25) is 0 Å². The Labute approximate surface area is 514 Å². The van der Waals surface area contributed by atoms with Gasteiger partial charge in [-0.3, -0.25) is 9.59 Å². The van der Waals surface area contributed by atoms with Crippen LogP contribution < -0.4 is 15.1 Å². The van der Waals surface area contributed by atoms with Gasteiger partial charge in [-0.15, -0.1) is 0 Å². The molecule has 0 spiro atoms. The summed E-state index contributed by atoms with van der Waals surface area (Å²) in [7, 11) is 0.169. The maximum absolute atomic E-state index is 14.3. The molecule has 3 aliphatic rings. The van der Waals surface area contributed by atoms with Crippen molar-refractivity contribution in [3.63, 3.8) is 0 Å². The van der Waals surface area contributed by atoms with Crippen molar-refractivity contribution in [1.29, 1.82) is 0 Å². The van der Waals surface area contributed by atoms with E-state index in [1.54, 1.807) is 14.2 Å². The second-order valence-electron chi connectivity index (χ2n) is 26.6. The van der Waals surface area contributed by atoms with Crippen LogP contribution in [-0.2, 0) is 65.1 Å². The first-order valence-electron chi connectivity index (χ1n) is 30.5. The van der Waals surface area contributed by atoms with Crippen molar-refractivity contribution in [3.05, 3.63) is 163 Å². The Hall–Kier alpha value is -4.87. The van der Waals surface area contributed by atoms with Crippen LogP contribution in [0.4, 0.5) is 0 Å². The van der Waals surface area contributed by atoms with Crippen molar-refractivity contribution < 1.29 is 56.6 Å². The molecule has 0 saturated carbocycles. The minimum Gasteiger partial charge on any atom is -0.497 e. The van der Waals surface area contributed by atoms with E-state index in [1.165, 1.54) is 18.7 Å². The quantitative estimate of drug-likeness (QED) is 0.0185. The van der Waals surface area contributed by atoms with Crippen LogP contribution >= 0.6 is 11.8 Å². The maximum Gasteiger partial charge on any atom is 0.302 e. The normalized spacial score (nSPS) is 23.3. The number of hydrogen-bond acceptors (Lipinski definition) is 13. The van der Waals surface area contributed by atoms with Crippen LogP contribution in [0.1, 0.15) is 152 Å². The fraction of sp³-hybridized carbons (Fsp3) is 0.549. The molecule has 4 aromatic rings. The van der Waals surface area contributed by atoms with Crippen molar-refractivity contribution in [1.82, 2.24) is 0 Å². The second kappa shape index (κ2) is 29.9. The Morgan fingerprint density at radius 1 is 0.788 bits per heavy atom. The van der Waals surface area contributed by atoms with Crippen LogP contribution in [-0.4, -0.2) is 99.8 Å². The molecular formula is C71H98O12SSi. The molecule has 12 nitrogen and oxygen atoms in total. The minimum absolute atomic E-state index is 0.0421. The summed E-state index contributed by atoms with van der Waals surface area (Å²) >= 11 is 1.33. The molecule has 2 saturated heterocycles. The van der Waals surface area contributed by atoms with E-state index in [9.17, 15) is 9.59 Å². The zero-order valence-electron chi connectivity index (χ0n) is 53.3. The summed E-state index contributed by atoms with van der Waals surface area (Å²) in [6.45, 7) is 30.4. The Morgan fingerprint density at radius 2 is 1.41 bits per heavy atom. The van der Waals surface area contributed by atoms with Crippen LogP contribution in [0.3, 0.4) is 0 Å². The lowest BCUT2D eigenvalue weighted by Crippen LogP contribution is -2.68. The number of carbonyl (C=O) groups is 2. The molecule has 2 fully saturated rings. The number of methoxy groups -OCH3 is 2. The molecule has 0 aliphatic carbocycles. The summed E-state index contributed by atoms with van der Waals surface area (Å²) in [6, 6.07) is 39.0. The fourth-order valence-corrected chi connectivity index (χ4v) is 18.0. The number of hydrogen-bond donors (Lipinski definition) is 0. The van der Waals surface area contributed by atoms with Gasteiger partial charge in [0.15, 0.2) is 10.9 Å². The van der Waals surface area contributed by atoms with Gasteiger partial charge in [-0.1, -0.05) is 195 Å². The molecule has 0 amide bonds. The smallest absolute Gasteiger partial charge is 0.302 e. The van der Waals surface area contributed by atoms with Gasteiger partial charge in [0.05, 0.1) is 62.4 Å². The molecule has 4 aromatic carbocycles. The minimum atomic E-state index is -3.16. The van der Waals surface area contributed by atoms with Crippen molar-refractivity contribution in [2.45, 2.75) is 218 Å². The lowest BCUT2D eigenvalue weighted by Gasteiger charge is -2.56. The largest absolute Gasteiger partial charge is 0.497 e. The third kappa shape index (κ3) is 18.4. The monoisotopic (exact) mass is 1200 g/mol. The van der Waals surface area contributed by atoms with Crippen LogP contribution in [0.2, 0.25) is 5.04 Å². The molecule has 3 heterocycles. The molecule has 0 radical (unpaired) electrons. The number of ether oxygens (including phenoxy) is 9. The summed E-state index contributed by atoms with van der Waals surface area (Å²) in [4.78, 5) is 27.4. The first-order chi connectivity index (χ1) is 40.2. The molecule has 0 unspecified atom stereocenters. The van der Waals surface area contributed by atoms with E-state index in [2.05, 4.69) is 129 Å².